The minimum absolute atomic E-state index is 0.0300. The van der Waals surface area contributed by atoms with E-state index >= 15 is 0 Å². The number of hydrogen-bond acceptors (Lipinski definition) is 3. The fraction of sp³-hybridized carbons (Fsp3) is 0.929. The van der Waals surface area contributed by atoms with Gasteiger partial charge in [-0.25, -0.2) is 0 Å². The summed E-state index contributed by atoms with van der Waals surface area (Å²) in [5.41, 5.74) is 5.99. The van der Waals surface area contributed by atoms with Crippen LogP contribution in [0.5, 0.6) is 0 Å². The largest absolute Gasteiger partial charge is 0.367 e. The van der Waals surface area contributed by atoms with Gasteiger partial charge in [0.05, 0.1) is 6.61 Å². The maximum absolute atomic E-state index is 11.9. The summed E-state index contributed by atoms with van der Waals surface area (Å²) in [4.78, 5) is 11.9. The van der Waals surface area contributed by atoms with Crippen LogP contribution in [0.4, 0.5) is 0 Å². The molecule has 2 unspecified atom stereocenters. The van der Waals surface area contributed by atoms with Crippen LogP contribution in [0.15, 0.2) is 0 Å². The van der Waals surface area contributed by atoms with E-state index in [2.05, 4.69) is 12.2 Å². The second-order valence-corrected chi connectivity index (χ2v) is 5.72. The number of carbonyl (C=O) groups excluding carboxylic acids is 1. The molecule has 0 aliphatic heterocycles. The van der Waals surface area contributed by atoms with Crippen molar-refractivity contribution in [3.8, 4) is 0 Å². The fourth-order valence-electron chi connectivity index (χ4n) is 2.46. The lowest BCUT2D eigenvalue weighted by Crippen LogP contribution is -2.46. The Hall–Kier alpha value is -0.610. The Labute approximate surface area is 111 Å². The van der Waals surface area contributed by atoms with Crippen LogP contribution >= 0.6 is 0 Å². The highest BCUT2D eigenvalue weighted by molar-refractivity contribution is 5.80. The lowest BCUT2D eigenvalue weighted by molar-refractivity contribution is -0.133. The molecule has 0 spiro atoms. The maximum Gasteiger partial charge on any atom is 0.249 e. The third-order valence-electron chi connectivity index (χ3n) is 3.70. The normalized spacial score (nSPS) is 21.6. The van der Waals surface area contributed by atoms with E-state index in [0.29, 0.717) is 6.61 Å². The van der Waals surface area contributed by atoms with Crippen molar-refractivity contribution >= 4 is 5.91 Å². The molecule has 1 amide bonds. The summed E-state index contributed by atoms with van der Waals surface area (Å²) >= 11 is 0. The van der Waals surface area contributed by atoms with Gasteiger partial charge in [-0.15, -0.1) is 0 Å². The number of nitrogens with two attached hydrogens (primary N) is 1. The fourth-order valence-corrected chi connectivity index (χ4v) is 2.46. The van der Waals surface area contributed by atoms with Crippen LogP contribution in [0.1, 0.15) is 59.3 Å². The van der Waals surface area contributed by atoms with E-state index in [0.717, 1.165) is 25.7 Å². The molecule has 106 valence electrons. The van der Waals surface area contributed by atoms with E-state index < -0.39 is 6.10 Å². The topological polar surface area (TPSA) is 64.3 Å². The Bertz CT molecular complexity index is 263. The first kappa shape index (κ1) is 15.4. The van der Waals surface area contributed by atoms with Crippen LogP contribution in [0.25, 0.3) is 0 Å². The van der Waals surface area contributed by atoms with Crippen LogP contribution in [0.2, 0.25) is 0 Å². The van der Waals surface area contributed by atoms with Crippen LogP contribution in [0, 0.1) is 0 Å². The second-order valence-electron chi connectivity index (χ2n) is 5.72. The smallest absolute Gasteiger partial charge is 0.249 e. The second kappa shape index (κ2) is 7.10. The molecule has 4 heteroatoms. The molecule has 1 aliphatic rings. The number of amides is 1. The van der Waals surface area contributed by atoms with Crippen LogP contribution < -0.4 is 11.1 Å². The summed E-state index contributed by atoms with van der Waals surface area (Å²) < 4.78 is 5.63. The summed E-state index contributed by atoms with van der Waals surface area (Å²) in [6.07, 6.45) is 6.02. The number of ether oxygens (including phenoxy) is 1. The highest BCUT2D eigenvalue weighted by Gasteiger charge is 2.30. The standard InChI is InChI=1S/C14H28N2O2/c1-4-7-11(2)16-13(17)12(3)18-10-14(15)8-5-6-9-14/h11-12H,4-10,15H2,1-3H3,(H,16,17). The highest BCUT2D eigenvalue weighted by atomic mass is 16.5. The van der Waals surface area contributed by atoms with E-state index in [9.17, 15) is 4.79 Å². The monoisotopic (exact) mass is 256 g/mol. The predicted molar refractivity (Wildman–Crippen MR) is 73.3 cm³/mol. The first-order chi connectivity index (χ1) is 8.47. The molecule has 1 rings (SSSR count). The summed E-state index contributed by atoms with van der Waals surface area (Å²) in [7, 11) is 0. The molecule has 2 atom stereocenters. The van der Waals surface area contributed by atoms with Crippen molar-refractivity contribution in [2.24, 2.45) is 5.73 Å². The molecule has 1 aliphatic carbocycles. The molecule has 18 heavy (non-hydrogen) atoms. The molecular formula is C14H28N2O2. The van der Waals surface area contributed by atoms with Gasteiger partial charge in [0.25, 0.3) is 0 Å². The molecule has 0 heterocycles. The lowest BCUT2D eigenvalue weighted by atomic mass is 10.0. The SMILES string of the molecule is CCCC(C)NC(=O)C(C)OCC1(N)CCCC1. The van der Waals surface area contributed by atoms with Gasteiger partial charge < -0.3 is 15.8 Å². The summed E-state index contributed by atoms with van der Waals surface area (Å²) in [5, 5.41) is 2.96. The van der Waals surface area contributed by atoms with Crippen molar-refractivity contribution in [2.75, 3.05) is 6.61 Å². The van der Waals surface area contributed by atoms with Crippen molar-refractivity contribution in [1.82, 2.24) is 5.32 Å². The highest BCUT2D eigenvalue weighted by Crippen LogP contribution is 2.27. The number of rotatable bonds is 7. The van der Waals surface area contributed by atoms with Crippen molar-refractivity contribution < 1.29 is 9.53 Å². The summed E-state index contributed by atoms with van der Waals surface area (Å²) in [6.45, 7) is 6.42. The number of hydrogen-bond donors (Lipinski definition) is 2. The Morgan fingerprint density at radius 2 is 2.00 bits per heavy atom. The van der Waals surface area contributed by atoms with Gasteiger partial charge in [-0.05, 0) is 33.1 Å². The molecule has 1 fully saturated rings. The van der Waals surface area contributed by atoms with E-state index in [-0.39, 0.29) is 17.5 Å². The van der Waals surface area contributed by atoms with Crippen molar-refractivity contribution in [1.29, 1.82) is 0 Å². The molecule has 0 aromatic rings. The third-order valence-corrected chi connectivity index (χ3v) is 3.70. The molecule has 4 nitrogen and oxygen atoms in total. The zero-order valence-electron chi connectivity index (χ0n) is 12.0. The molecule has 0 saturated heterocycles. The molecule has 0 aromatic heterocycles. The van der Waals surface area contributed by atoms with Gasteiger partial charge in [-0.2, -0.15) is 0 Å². The molecule has 0 aromatic carbocycles. The van der Waals surface area contributed by atoms with Gasteiger partial charge in [-0.3, -0.25) is 4.79 Å². The van der Waals surface area contributed by atoms with Crippen molar-refractivity contribution in [3.05, 3.63) is 0 Å². The number of nitrogens with one attached hydrogen (secondary N) is 1. The number of carbonyl (C=O) groups is 1. The predicted octanol–water partition coefficient (Wildman–Crippen LogP) is 1.97. The Morgan fingerprint density at radius 1 is 1.39 bits per heavy atom. The summed E-state index contributed by atoms with van der Waals surface area (Å²) in [5.74, 6) is -0.0300. The molecule has 0 radical (unpaired) electrons. The average Bonchev–Trinajstić information content (AvgIpc) is 2.74. The third kappa shape index (κ3) is 4.94. The van der Waals surface area contributed by atoms with Crippen LogP contribution in [-0.2, 0) is 9.53 Å². The maximum atomic E-state index is 11.9. The minimum Gasteiger partial charge on any atom is -0.367 e. The van der Waals surface area contributed by atoms with Gasteiger partial charge in [0.15, 0.2) is 0 Å². The van der Waals surface area contributed by atoms with Crippen molar-refractivity contribution in [2.45, 2.75) is 77.0 Å². The lowest BCUT2D eigenvalue weighted by Gasteiger charge is -2.25. The first-order valence-corrected chi connectivity index (χ1v) is 7.18. The van der Waals surface area contributed by atoms with E-state index in [1.54, 1.807) is 6.92 Å². The van der Waals surface area contributed by atoms with Crippen LogP contribution in [-0.4, -0.2) is 30.2 Å². The zero-order valence-corrected chi connectivity index (χ0v) is 12.0. The van der Waals surface area contributed by atoms with E-state index in [1.807, 2.05) is 6.92 Å². The van der Waals surface area contributed by atoms with Crippen LogP contribution in [0.3, 0.4) is 0 Å². The quantitative estimate of drug-likeness (QED) is 0.732. The molecule has 0 bridgehead atoms. The Kier molecular flexibility index (Phi) is 6.09. The summed E-state index contributed by atoms with van der Waals surface area (Å²) in [6, 6.07) is 0.215. The van der Waals surface area contributed by atoms with Gasteiger partial charge in [-0.1, -0.05) is 26.2 Å². The molecule has 1 saturated carbocycles. The van der Waals surface area contributed by atoms with Gasteiger partial charge in [0, 0.05) is 11.6 Å². The van der Waals surface area contributed by atoms with Gasteiger partial charge in [0.1, 0.15) is 6.10 Å². The Morgan fingerprint density at radius 3 is 2.56 bits per heavy atom. The van der Waals surface area contributed by atoms with Gasteiger partial charge >= 0.3 is 0 Å². The Balaban J connectivity index is 2.27. The van der Waals surface area contributed by atoms with E-state index in [1.165, 1.54) is 12.8 Å². The molecule has 3 N–H and O–H groups in total. The van der Waals surface area contributed by atoms with Crippen molar-refractivity contribution in [3.63, 3.8) is 0 Å². The van der Waals surface area contributed by atoms with Gasteiger partial charge in [0.2, 0.25) is 5.91 Å². The minimum atomic E-state index is -0.412. The van der Waals surface area contributed by atoms with E-state index in [4.69, 9.17) is 10.5 Å². The molecular weight excluding hydrogens is 228 g/mol. The zero-order chi connectivity index (χ0) is 13.6. The average molecular weight is 256 g/mol. The first-order valence-electron chi connectivity index (χ1n) is 7.18.